The maximum absolute atomic E-state index is 12.0. The molecule has 1 aromatic carbocycles. The third kappa shape index (κ3) is 4.09. The first-order chi connectivity index (χ1) is 15.6. The first-order valence-electron chi connectivity index (χ1n) is 11.1. The number of carbonyl (C=O) groups is 1. The smallest absolute Gasteiger partial charge is 0.262 e. The molecule has 2 unspecified atom stereocenters. The van der Waals surface area contributed by atoms with E-state index in [2.05, 4.69) is 15.3 Å². The number of methoxy groups -OCH3 is 1. The van der Waals surface area contributed by atoms with E-state index < -0.39 is 0 Å². The minimum atomic E-state index is 0.0648. The molecule has 2 bridgehead atoms. The summed E-state index contributed by atoms with van der Waals surface area (Å²) in [7, 11) is 1.57. The summed E-state index contributed by atoms with van der Waals surface area (Å²) in [5, 5.41) is 3.72. The summed E-state index contributed by atoms with van der Waals surface area (Å²) in [6.45, 7) is 2.17. The Morgan fingerprint density at radius 3 is 2.69 bits per heavy atom. The fourth-order valence-corrected chi connectivity index (χ4v) is 5.16. The van der Waals surface area contributed by atoms with Crippen LogP contribution in [-0.4, -0.2) is 48.8 Å². The monoisotopic (exact) mass is 458 g/mol. The molecular weight excluding hydrogens is 432 g/mol. The summed E-state index contributed by atoms with van der Waals surface area (Å²) in [5.74, 6) is 2.19. The number of hydrogen-bond acceptors (Lipinski definition) is 7. The quantitative estimate of drug-likeness (QED) is 0.694. The number of rotatable bonds is 6. The Labute approximate surface area is 192 Å². The number of hydrogen-bond donors (Lipinski definition) is 1. The Kier molecular flexibility index (Phi) is 6.06. The number of ether oxygens (including phenoxy) is 3. The summed E-state index contributed by atoms with van der Waals surface area (Å²) in [6.07, 6.45) is 6.38. The number of carbonyl (C=O) groups excluding carboxylic acids is 1. The predicted molar refractivity (Wildman–Crippen MR) is 121 cm³/mol. The second-order valence-electron chi connectivity index (χ2n) is 8.57. The van der Waals surface area contributed by atoms with Gasteiger partial charge in [0.1, 0.15) is 12.4 Å². The Morgan fingerprint density at radius 2 is 2.00 bits per heavy atom. The average Bonchev–Trinajstić information content (AvgIpc) is 3.21. The highest BCUT2D eigenvalue weighted by atomic mass is 35.5. The van der Waals surface area contributed by atoms with E-state index in [0.717, 1.165) is 44.7 Å². The van der Waals surface area contributed by atoms with Crippen LogP contribution < -0.4 is 19.7 Å². The largest absolute Gasteiger partial charge is 0.489 e. The molecule has 8 nitrogen and oxygen atoms in total. The molecule has 2 aromatic rings. The van der Waals surface area contributed by atoms with Gasteiger partial charge in [-0.1, -0.05) is 18.0 Å². The van der Waals surface area contributed by atoms with Gasteiger partial charge >= 0.3 is 0 Å². The van der Waals surface area contributed by atoms with Gasteiger partial charge in [-0.3, -0.25) is 4.79 Å². The Morgan fingerprint density at radius 1 is 1.19 bits per heavy atom. The van der Waals surface area contributed by atoms with Gasteiger partial charge in [-0.25, -0.2) is 4.98 Å². The lowest BCUT2D eigenvalue weighted by Gasteiger charge is -2.41. The van der Waals surface area contributed by atoms with Crippen LogP contribution in [0.5, 0.6) is 11.6 Å². The van der Waals surface area contributed by atoms with E-state index in [1.165, 1.54) is 12.7 Å². The lowest BCUT2D eigenvalue weighted by molar-refractivity contribution is -0.117. The van der Waals surface area contributed by atoms with E-state index in [-0.39, 0.29) is 12.0 Å². The number of halogens is 1. The third-order valence-electron chi connectivity index (χ3n) is 6.56. The lowest BCUT2D eigenvalue weighted by Crippen LogP contribution is -2.46. The van der Waals surface area contributed by atoms with Gasteiger partial charge < -0.3 is 24.4 Å². The minimum Gasteiger partial charge on any atom is -0.489 e. The zero-order valence-corrected chi connectivity index (χ0v) is 18.8. The highest BCUT2D eigenvalue weighted by Gasteiger charge is 2.39. The van der Waals surface area contributed by atoms with Crippen molar-refractivity contribution in [1.82, 2.24) is 9.97 Å². The van der Waals surface area contributed by atoms with Crippen molar-refractivity contribution in [3.05, 3.63) is 29.5 Å². The van der Waals surface area contributed by atoms with Gasteiger partial charge in [-0.2, -0.15) is 4.98 Å². The summed E-state index contributed by atoms with van der Waals surface area (Å²) in [6, 6.07) is 5.52. The highest BCUT2D eigenvalue weighted by Crippen LogP contribution is 2.41. The lowest BCUT2D eigenvalue weighted by atomic mass is 9.78. The predicted octanol–water partition coefficient (Wildman–Crippen LogP) is 4.20. The first-order valence-corrected chi connectivity index (χ1v) is 11.5. The molecule has 2 saturated heterocycles. The van der Waals surface area contributed by atoms with E-state index in [0.29, 0.717) is 46.4 Å². The first kappa shape index (κ1) is 21.3. The molecule has 1 aliphatic carbocycles. The maximum atomic E-state index is 12.0. The number of nitrogens with one attached hydrogen (secondary N) is 1. The van der Waals surface area contributed by atoms with Gasteiger partial charge in [-0.15, -0.1) is 0 Å². The zero-order valence-electron chi connectivity index (χ0n) is 18.1. The van der Waals surface area contributed by atoms with Crippen LogP contribution in [0.15, 0.2) is 24.5 Å². The molecule has 1 saturated carbocycles. The fourth-order valence-electron chi connectivity index (χ4n) is 4.94. The van der Waals surface area contributed by atoms with Gasteiger partial charge in [0.2, 0.25) is 11.7 Å². The van der Waals surface area contributed by atoms with Crippen LogP contribution in [0.1, 0.15) is 32.1 Å². The van der Waals surface area contributed by atoms with Crippen molar-refractivity contribution in [2.24, 2.45) is 11.8 Å². The van der Waals surface area contributed by atoms with Crippen LogP contribution in [0.2, 0.25) is 5.02 Å². The Balaban J connectivity index is 1.37. The fraction of sp³-hybridized carbons (Fsp3) is 0.522. The van der Waals surface area contributed by atoms with E-state index >= 15 is 0 Å². The molecule has 5 rings (SSSR count). The number of benzene rings is 1. The summed E-state index contributed by atoms with van der Waals surface area (Å²) < 4.78 is 17.7. The molecule has 1 amide bonds. The number of fused-ring (bicyclic) bond motifs is 2. The van der Waals surface area contributed by atoms with Crippen LogP contribution in [-0.2, 0) is 9.53 Å². The summed E-state index contributed by atoms with van der Waals surface area (Å²) >= 11 is 6.53. The molecule has 1 N–H and O–H groups in total. The molecule has 9 heteroatoms. The standard InChI is InChI=1S/C23H27ClN4O4/c1-30-21-22(27-18-8-7-16(10-17(18)24)28-9-3-6-19(28)29)25-13-26-23(21)32-20-14-4-2-5-15(20)12-31-11-14/h7-8,10,13-15,20H,2-6,9,11-12H2,1H3,(H,25,26,27). The molecular formula is C23H27ClN4O4. The van der Waals surface area contributed by atoms with Gasteiger partial charge in [0.25, 0.3) is 5.88 Å². The number of nitrogens with zero attached hydrogens (tertiary/aromatic N) is 3. The normalized spacial score (nSPS) is 25.0. The molecule has 3 fully saturated rings. The van der Waals surface area contributed by atoms with Crippen LogP contribution in [0.4, 0.5) is 17.2 Å². The van der Waals surface area contributed by atoms with Gasteiger partial charge in [0.15, 0.2) is 5.82 Å². The van der Waals surface area contributed by atoms with E-state index in [9.17, 15) is 4.79 Å². The van der Waals surface area contributed by atoms with Crippen LogP contribution in [0.25, 0.3) is 0 Å². The molecule has 170 valence electrons. The second kappa shape index (κ2) is 9.11. The Bertz CT molecular complexity index is 982. The summed E-state index contributed by atoms with van der Waals surface area (Å²) in [4.78, 5) is 22.5. The zero-order chi connectivity index (χ0) is 22.1. The van der Waals surface area contributed by atoms with Crippen molar-refractivity contribution in [2.45, 2.75) is 38.2 Å². The van der Waals surface area contributed by atoms with E-state index in [1.807, 2.05) is 12.1 Å². The van der Waals surface area contributed by atoms with Gasteiger partial charge in [0, 0.05) is 30.5 Å². The molecule has 3 heterocycles. The molecule has 3 aliphatic rings. The van der Waals surface area contributed by atoms with Crippen LogP contribution >= 0.6 is 11.6 Å². The van der Waals surface area contributed by atoms with Crippen molar-refractivity contribution in [3.63, 3.8) is 0 Å². The minimum absolute atomic E-state index is 0.0648. The summed E-state index contributed by atoms with van der Waals surface area (Å²) in [5.41, 5.74) is 1.46. The molecule has 2 aliphatic heterocycles. The average molecular weight is 459 g/mol. The van der Waals surface area contributed by atoms with E-state index in [1.54, 1.807) is 18.1 Å². The van der Waals surface area contributed by atoms with Crippen molar-refractivity contribution in [3.8, 4) is 11.6 Å². The molecule has 0 radical (unpaired) electrons. The molecule has 1 aromatic heterocycles. The van der Waals surface area contributed by atoms with Crippen molar-refractivity contribution in [1.29, 1.82) is 0 Å². The molecule has 32 heavy (non-hydrogen) atoms. The second-order valence-corrected chi connectivity index (χ2v) is 8.98. The third-order valence-corrected chi connectivity index (χ3v) is 6.87. The van der Waals surface area contributed by atoms with Gasteiger partial charge in [0.05, 0.1) is 31.0 Å². The number of anilines is 3. The van der Waals surface area contributed by atoms with Crippen molar-refractivity contribution in [2.75, 3.05) is 37.1 Å². The van der Waals surface area contributed by atoms with Crippen molar-refractivity contribution < 1.29 is 19.0 Å². The Hall–Kier alpha value is -2.58. The highest BCUT2D eigenvalue weighted by molar-refractivity contribution is 6.33. The van der Waals surface area contributed by atoms with Crippen LogP contribution in [0.3, 0.4) is 0 Å². The molecule has 0 spiro atoms. The molecule has 2 atom stereocenters. The van der Waals surface area contributed by atoms with Crippen molar-refractivity contribution >= 4 is 34.7 Å². The van der Waals surface area contributed by atoms with E-state index in [4.69, 9.17) is 25.8 Å². The number of amides is 1. The van der Waals surface area contributed by atoms with Crippen LogP contribution in [0, 0.1) is 11.8 Å². The van der Waals surface area contributed by atoms with Gasteiger partial charge in [-0.05, 0) is 37.5 Å². The topological polar surface area (TPSA) is 85.8 Å². The number of aromatic nitrogens is 2. The SMILES string of the molecule is COc1c(Nc2ccc(N3CCCC3=O)cc2Cl)ncnc1OC1C2CCCC1COC2. The maximum Gasteiger partial charge on any atom is 0.262 e.